The third kappa shape index (κ3) is 3.41. The molecule has 1 aliphatic carbocycles. The lowest BCUT2D eigenvalue weighted by atomic mass is 10.1. The minimum atomic E-state index is -0.904. The summed E-state index contributed by atoms with van der Waals surface area (Å²) in [5.74, 6) is -0.125. The summed E-state index contributed by atoms with van der Waals surface area (Å²) in [5, 5.41) is 11.6. The smallest absolute Gasteiger partial charge is 0.321 e. The number of amides is 2. The Hall–Kier alpha value is -2.24. The van der Waals surface area contributed by atoms with Gasteiger partial charge in [-0.3, -0.25) is 4.79 Å². The normalized spacial score (nSPS) is 22.2. The standard InChI is InChI=1S/C17H23N3O3/c1-19(9-8-16(21)22)17(23)18-14-4-2-3-5-15(14)20-11-12-6-7-13(20)10-12/h2-5,12-13H,6-11H2,1H3,(H,18,23)(H,21,22). The number of carboxylic acids is 1. The van der Waals surface area contributed by atoms with Crippen molar-refractivity contribution >= 4 is 23.4 Å². The Morgan fingerprint density at radius 3 is 2.78 bits per heavy atom. The summed E-state index contributed by atoms with van der Waals surface area (Å²) in [6.07, 6.45) is 3.74. The summed E-state index contributed by atoms with van der Waals surface area (Å²) in [5.41, 5.74) is 1.87. The van der Waals surface area contributed by atoms with Gasteiger partial charge in [-0.05, 0) is 37.3 Å². The first-order chi connectivity index (χ1) is 11.0. The van der Waals surface area contributed by atoms with Crippen LogP contribution in [0.5, 0.6) is 0 Å². The fourth-order valence-electron chi connectivity index (χ4n) is 3.63. The van der Waals surface area contributed by atoms with Crippen molar-refractivity contribution < 1.29 is 14.7 Å². The summed E-state index contributed by atoms with van der Waals surface area (Å²) in [7, 11) is 1.61. The van der Waals surface area contributed by atoms with Gasteiger partial charge in [-0.25, -0.2) is 4.79 Å². The van der Waals surface area contributed by atoms with Crippen LogP contribution in [0.25, 0.3) is 0 Å². The molecule has 2 bridgehead atoms. The molecule has 1 saturated heterocycles. The van der Waals surface area contributed by atoms with Crippen molar-refractivity contribution in [2.45, 2.75) is 31.7 Å². The van der Waals surface area contributed by atoms with E-state index in [0.717, 1.165) is 23.8 Å². The van der Waals surface area contributed by atoms with E-state index in [4.69, 9.17) is 5.11 Å². The zero-order valence-electron chi connectivity index (χ0n) is 13.4. The van der Waals surface area contributed by atoms with Crippen molar-refractivity contribution in [1.82, 2.24) is 4.90 Å². The highest BCUT2D eigenvalue weighted by atomic mass is 16.4. The van der Waals surface area contributed by atoms with Crippen molar-refractivity contribution in [3.8, 4) is 0 Å². The number of fused-ring (bicyclic) bond motifs is 2. The Morgan fingerprint density at radius 2 is 2.13 bits per heavy atom. The molecule has 6 nitrogen and oxygen atoms in total. The van der Waals surface area contributed by atoms with E-state index in [1.165, 1.54) is 24.2 Å². The van der Waals surface area contributed by atoms with Gasteiger partial charge < -0.3 is 20.2 Å². The minimum Gasteiger partial charge on any atom is -0.481 e. The SMILES string of the molecule is CN(CCC(=O)O)C(=O)Nc1ccccc1N1CC2CCC1C2. The number of rotatable bonds is 5. The number of carbonyl (C=O) groups is 2. The number of urea groups is 1. The highest BCUT2D eigenvalue weighted by Crippen LogP contribution is 2.42. The van der Waals surface area contributed by atoms with Crippen LogP contribution in [0.1, 0.15) is 25.7 Å². The quantitative estimate of drug-likeness (QED) is 0.875. The number of benzene rings is 1. The van der Waals surface area contributed by atoms with Crippen molar-refractivity contribution in [2.24, 2.45) is 5.92 Å². The van der Waals surface area contributed by atoms with Gasteiger partial charge >= 0.3 is 12.0 Å². The Labute approximate surface area is 136 Å². The van der Waals surface area contributed by atoms with Crippen LogP contribution in [0.4, 0.5) is 16.2 Å². The number of hydrogen-bond donors (Lipinski definition) is 2. The molecule has 1 heterocycles. The molecule has 1 aliphatic heterocycles. The molecule has 1 saturated carbocycles. The summed E-state index contributed by atoms with van der Waals surface area (Å²) in [6, 6.07) is 8.17. The van der Waals surface area contributed by atoms with Crippen LogP contribution in [0.15, 0.2) is 24.3 Å². The largest absolute Gasteiger partial charge is 0.481 e. The van der Waals surface area contributed by atoms with E-state index < -0.39 is 5.97 Å². The second-order valence-electron chi connectivity index (χ2n) is 6.50. The van der Waals surface area contributed by atoms with Gasteiger partial charge in [0.15, 0.2) is 0 Å². The molecule has 23 heavy (non-hydrogen) atoms. The van der Waals surface area contributed by atoms with E-state index in [1.54, 1.807) is 7.05 Å². The second kappa shape index (κ2) is 6.48. The molecule has 0 spiro atoms. The Kier molecular flexibility index (Phi) is 4.41. The molecule has 0 aromatic heterocycles. The highest BCUT2D eigenvalue weighted by molar-refractivity contribution is 5.93. The van der Waals surface area contributed by atoms with Gasteiger partial charge in [0.2, 0.25) is 0 Å². The fraction of sp³-hybridized carbons (Fsp3) is 0.529. The van der Waals surface area contributed by atoms with Crippen LogP contribution >= 0.6 is 0 Å². The van der Waals surface area contributed by atoms with Gasteiger partial charge in [0.05, 0.1) is 17.8 Å². The summed E-state index contributed by atoms with van der Waals surface area (Å²) < 4.78 is 0. The molecule has 2 unspecified atom stereocenters. The van der Waals surface area contributed by atoms with Crippen LogP contribution in [0, 0.1) is 5.92 Å². The van der Waals surface area contributed by atoms with Gasteiger partial charge in [-0.1, -0.05) is 12.1 Å². The molecule has 1 aromatic rings. The third-order valence-electron chi connectivity index (χ3n) is 4.87. The number of hydrogen-bond acceptors (Lipinski definition) is 3. The Morgan fingerprint density at radius 1 is 1.35 bits per heavy atom. The van der Waals surface area contributed by atoms with Crippen molar-refractivity contribution in [3.05, 3.63) is 24.3 Å². The number of nitrogens with zero attached hydrogens (tertiary/aromatic N) is 2. The first-order valence-electron chi connectivity index (χ1n) is 8.14. The predicted octanol–water partition coefficient (Wildman–Crippen LogP) is 2.61. The van der Waals surface area contributed by atoms with Crippen LogP contribution in [-0.2, 0) is 4.79 Å². The maximum Gasteiger partial charge on any atom is 0.321 e. The topological polar surface area (TPSA) is 72.9 Å². The molecule has 3 rings (SSSR count). The van der Waals surface area contributed by atoms with Crippen LogP contribution < -0.4 is 10.2 Å². The van der Waals surface area contributed by atoms with E-state index in [-0.39, 0.29) is 19.0 Å². The number of anilines is 2. The van der Waals surface area contributed by atoms with Gasteiger partial charge in [0, 0.05) is 26.2 Å². The lowest BCUT2D eigenvalue weighted by molar-refractivity contribution is -0.137. The molecule has 2 fully saturated rings. The summed E-state index contributed by atoms with van der Waals surface area (Å²) >= 11 is 0. The van der Waals surface area contributed by atoms with Crippen molar-refractivity contribution in [3.63, 3.8) is 0 Å². The third-order valence-corrected chi connectivity index (χ3v) is 4.87. The van der Waals surface area contributed by atoms with E-state index in [1.807, 2.05) is 24.3 Å². The zero-order valence-corrected chi connectivity index (χ0v) is 13.4. The van der Waals surface area contributed by atoms with Gasteiger partial charge in [0.25, 0.3) is 0 Å². The minimum absolute atomic E-state index is 0.0541. The molecule has 6 heteroatoms. The average Bonchev–Trinajstić information content (AvgIpc) is 3.16. The Balaban J connectivity index is 1.68. The molecule has 1 aromatic carbocycles. The zero-order chi connectivity index (χ0) is 16.4. The number of para-hydroxylation sites is 2. The van der Waals surface area contributed by atoms with E-state index in [2.05, 4.69) is 10.2 Å². The number of piperidine rings is 1. The molecule has 124 valence electrons. The lowest BCUT2D eigenvalue weighted by Gasteiger charge is -2.31. The summed E-state index contributed by atoms with van der Waals surface area (Å²) in [4.78, 5) is 26.7. The monoisotopic (exact) mass is 317 g/mol. The predicted molar refractivity (Wildman–Crippen MR) is 88.8 cm³/mol. The van der Waals surface area contributed by atoms with E-state index >= 15 is 0 Å². The number of nitrogens with one attached hydrogen (secondary N) is 1. The van der Waals surface area contributed by atoms with Crippen LogP contribution in [-0.4, -0.2) is 48.2 Å². The van der Waals surface area contributed by atoms with Crippen molar-refractivity contribution in [1.29, 1.82) is 0 Å². The maximum absolute atomic E-state index is 12.3. The lowest BCUT2D eigenvalue weighted by Crippen LogP contribution is -2.35. The average molecular weight is 317 g/mol. The Bertz CT molecular complexity index is 605. The molecular formula is C17H23N3O3. The van der Waals surface area contributed by atoms with E-state index in [0.29, 0.717) is 6.04 Å². The second-order valence-corrected chi connectivity index (χ2v) is 6.50. The number of aliphatic carboxylic acids is 1. The van der Waals surface area contributed by atoms with Gasteiger partial charge in [-0.15, -0.1) is 0 Å². The van der Waals surface area contributed by atoms with Crippen LogP contribution in [0.2, 0.25) is 0 Å². The molecular weight excluding hydrogens is 294 g/mol. The molecule has 2 N–H and O–H groups in total. The molecule has 2 amide bonds. The fourth-order valence-corrected chi connectivity index (χ4v) is 3.63. The van der Waals surface area contributed by atoms with Gasteiger partial charge in [0.1, 0.15) is 0 Å². The molecule has 2 atom stereocenters. The molecule has 2 aliphatic rings. The van der Waals surface area contributed by atoms with Crippen LogP contribution in [0.3, 0.4) is 0 Å². The number of carboxylic acid groups (broad SMARTS) is 1. The first-order valence-corrected chi connectivity index (χ1v) is 8.14. The van der Waals surface area contributed by atoms with Crippen molar-refractivity contribution in [2.75, 3.05) is 30.4 Å². The van der Waals surface area contributed by atoms with Gasteiger partial charge in [-0.2, -0.15) is 0 Å². The molecule has 0 radical (unpaired) electrons. The first kappa shape index (κ1) is 15.6. The summed E-state index contributed by atoms with van der Waals surface area (Å²) in [6.45, 7) is 1.25. The highest BCUT2D eigenvalue weighted by Gasteiger charge is 2.38. The van der Waals surface area contributed by atoms with E-state index in [9.17, 15) is 9.59 Å². The maximum atomic E-state index is 12.3. The number of carbonyl (C=O) groups excluding carboxylic acids is 1.